The smallest absolute Gasteiger partial charge is 0.252 e. The summed E-state index contributed by atoms with van der Waals surface area (Å²) in [4.78, 5) is 28.4. The number of nitrogens with zero attached hydrogens (tertiary/aromatic N) is 1. The Morgan fingerprint density at radius 3 is 2.39 bits per heavy atom. The Balaban J connectivity index is 1.46. The third-order valence-electron chi connectivity index (χ3n) is 6.21. The minimum absolute atomic E-state index is 0.109. The van der Waals surface area contributed by atoms with Gasteiger partial charge in [-0.15, -0.1) is 0 Å². The summed E-state index contributed by atoms with van der Waals surface area (Å²) in [5, 5.41) is 3.13. The van der Waals surface area contributed by atoms with E-state index in [1.807, 2.05) is 30.3 Å². The molecular formula is C24H28N2O2. The van der Waals surface area contributed by atoms with E-state index in [-0.39, 0.29) is 11.7 Å². The van der Waals surface area contributed by atoms with Gasteiger partial charge in [0.1, 0.15) is 0 Å². The predicted molar refractivity (Wildman–Crippen MR) is 111 cm³/mol. The first-order chi connectivity index (χ1) is 13.7. The maximum atomic E-state index is 12.9. The standard InChI is InChI=1S/C24H28N2O2/c27-23(18-9-2-1-3-10-18)20-12-4-5-13-21(20)24(28)25-17-19-11-8-16-26-15-7-6-14-22(19)26/h1-5,9-10,12-13,19,22H,6-8,11,14-17H2,(H,25,28)/t19-,22-/m1/s1. The van der Waals surface area contributed by atoms with E-state index in [4.69, 9.17) is 0 Å². The van der Waals surface area contributed by atoms with Gasteiger partial charge in [-0.3, -0.25) is 9.59 Å². The summed E-state index contributed by atoms with van der Waals surface area (Å²) in [6, 6.07) is 16.9. The molecule has 0 spiro atoms. The van der Waals surface area contributed by atoms with E-state index in [9.17, 15) is 9.59 Å². The molecule has 2 fully saturated rings. The molecule has 4 nitrogen and oxygen atoms in total. The lowest BCUT2D eigenvalue weighted by atomic mass is 9.83. The van der Waals surface area contributed by atoms with Gasteiger partial charge in [0.05, 0.1) is 5.56 Å². The third-order valence-corrected chi connectivity index (χ3v) is 6.21. The summed E-state index contributed by atoms with van der Waals surface area (Å²) in [6.07, 6.45) is 6.21. The number of ketones is 1. The molecule has 0 aliphatic carbocycles. The van der Waals surface area contributed by atoms with Crippen LogP contribution in [0.25, 0.3) is 0 Å². The van der Waals surface area contributed by atoms with Crippen molar-refractivity contribution in [2.45, 2.75) is 38.1 Å². The van der Waals surface area contributed by atoms with Crippen molar-refractivity contribution in [1.82, 2.24) is 10.2 Å². The molecule has 1 amide bonds. The van der Waals surface area contributed by atoms with Gasteiger partial charge in [0.15, 0.2) is 5.78 Å². The molecule has 2 aliphatic heterocycles. The van der Waals surface area contributed by atoms with Crippen LogP contribution in [0.1, 0.15) is 58.4 Å². The van der Waals surface area contributed by atoms with E-state index in [2.05, 4.69) is 10.2 Å². The van der Waals surface area contributed by atoms with Crippen LogP contribution in [0.4, 0.5) is 0 Å². The molecule has 2 aromatic carbocycles. The highest BCUT2D eigenvalue weighted by Crippen LogP contribution is 2.30. The number of nitrogens with one attached hydrogen (secondary N) is 1. The molecule has 1 N–H and O–H groups in total. The maximum absolute atomic E-state index is 12.9. The number of hydrogen-bond donors (Lipinski definition) is 1. The van der Waals surface area contributed by atoms with Gasteiger partial charge in [0, 0.05) is 23.7 Å². The highest BCUT2D eigenvalue weighted by atomic mass is 16.2. The van der Waals surface area contributed by atoms with Crippen molar-refractivity contribution < 1.29 is 9.59 Å². The Kier molecular flexibility index (Phi) is 5.87. The highest BCUT2D eigenvalue weighted by molar-refractivity contribution is 6.15. The summed E-state index contributed by atoms with van der Waals surface area (Å²) in [5.74, 6) is 0.255. The molecule has 0 bridgehead atoms. The van der Waals surface area contributed by atoms with Gasteiger partial charge < -0.3 is 10.2 Å². The molecule has 146 valence electrons. The predicted octanol–water partition coefficient (Wildman–Crippen LogP) is 3.91. The van der Waals surface area contributed by atoms with Crippen molar-refractivity contribution in [3.05, 3.63) is 71.3 Å². The molecule has 0 aromatic heterocycles. The monoisotopic (exact) mass is 376 g/mol. The zero-order valence-electron chi connectivity index (χ0n) is 16.3. The van der Waals surface area contributed by atoms with Crippen LogP contribution < -0.4 is 5.32 Å². The number of hydrogen-bond acceptors (Lipinski definition) is 3. The van der Waals surface area contributed by atoms with Gasteiger partial charge in [-0.1, -0.05) is 55.0 Å². The van der Waals surface area contributed by atoms with E-state index < -0.39 is 0 Å². The second-order valence-electron chi connectivity index (χ2n) is 7.95. The van der Waals surface area contributed by atoms with Gasteiger partial charge in [-0.05, 0) is 50.8 Å². The Hall–Kier alpha value is -2.46. The number of benzene rings is 2. The van der Waals surface area contributed by atoms with Crippen LogP contribution in [0.15, 0.2) is 54.6 Å². The largest absolute Gasteiger partial charge is 0.352 e. The van der Waals surface area contributed by atoms with Gasteiger partial charge in [-0.2, -0.15) is 0 Å². The van der Waals surface area contributed by atoms with Crippen molar-refractivity contribution in [3.63, 3.8) is 0 Å². The Labute approximate surface area is 166 Å². The van der Waals surface area contributed by atoms with E-state index in [0.717, 1.165) is 0 Å². The average Bonchev–Trinajstić information content (AvgIpc) is 2.77. The van der Waals surface area contributed by atoms with Crippen molar-refractivity contribution in [3.8, 4) is 0 Å². The second kappa shape index (κ2) is 8.70. The van der Waals surface area contributed by atoms with Crippen LogP contribution in [0.3, 0.4) is 0 Å². The molecule has 2 heterocycles. The van der Waals surface area contributed by atoms with Gasteiger partial charge >= 0.3 is 0 Å². The Bertz CT molecular complexity index is 832. The zero-order valence-corrected chi connectivity index (χ0v) is 16.3. The number of carbonyl (C=O) groups is 2. The van der Waals surface area contributed by atoms with E-state index in [1.165, 1.54) is 45.2 Å². The SMILES string of the molecule is O=C(NC[C@H]1CCCN2CCCC[C@H]12)c1ccccc1C(=O)c1ccccc1. The van der Waals surface area contributed by atoms with E-state index >= 15 is 0 Å². The van der Waals surface area contributed by atoms with E-state index in [1.54, 1.807) is 24.3 Å². The normalized spacial score (nSPS) is 22.3. The topological polar surface area (TPSA) is 49.4 Å². The van der Waals surface area contributed by atoms with E-state index in [0.29, 0.717) is 35.2 Å². The number of fused-ring (bicyclic) bond motifs is 1. The zero-order chi connectivity index (χ0) is 19.3. The summed E-state index contributed by atoms with van der Waals surface area (Å²) in [7, 11) is 0. The van der Waals surface area contributed by atoms with Gasteiger partial charge in [0.2, 0.25) is 0 Å². The molecule has 2 aliphatic rings. The molecular weight excluding hydrogens is 348 g/mol. The fraction of sp³-hybridized carbons (Fsp3) is 0.417. The molecule has 2 saturated heterocycles. The molecule has 4 heteroatoms. The summed E-state index contributed by atoms with van der Waals surface area (Å²) in [6.45, 7) is 3.08. The van der Waals surface area contributed by atoms with Crippen LogP contribution in [-0.4, -0.2) is 42.3 Å². The molecule has 0 radical (unpaired) electrons. The van der Waals surface area contributed by atoms with Crippen LogP contribution in [-0.2, 0) is 0 Å². The van der Waals surface area contributed by atoms with Crippen LogP contribution in [0.5, 0.6) is 0 Å². The van der Waals surface area contributed by atoms with Crippen LogP contribution in [0.2, 0.25) is 0 Å². The van der Waals surface area contributed by atoms with Crippen molar-refractivity contribution in [2.75, 3.05) is 19.6 Å². The molecule has 28 heavy (non-hydrogen) atoms. The Morgan fingerprint density at radius 2 is 1.57 bits per heavy atom. The fourth-order valence-electron chi connectivity index (χ4n) is 4.76. The molecule has 0 saturated carbocycles. The first kappa shape index (κ1) is 18.9. The summed E-state index contributed by atoms with van der Waals surface area (Å²) in [5.41, 5.74) is 1.54. The quantitative estimate of drug-likeness (QED) is 0.805. The maximum Gasteiger partial charge on any atom is 0.252 e. The summed E-state index contributed by atoms with van der Waals surface area (Å²) < 4.78 is 0. The van der Waals surface area contributed by atoms with Crippen LogP contribution >= 0.6 is 0 Å². The minimum Gasteiger partial charge on any atom is -0.352 e. The first-order valence-corrected chi connectivity index (χ1v) is 10.4. The van der Waals surface area contributed by atoms with Gasteiger partial charge in [0.25, 0.3) is 5.91 Å². The lowest BCUT2D eigenvalue weighted by molar-refractivity contribution is 0.0575. The number of amides is 1. The number of carbonyl (C=O) groups excluding carboxylic acids is 2. The minimum atomic E-state index is -0.146. The molecule has 2 aromatic rings. The lowest BCUT2D eigenvalue weighted by Crippen LogP contribution is -2.51. The number of rotatable bonds is 5. The summed E-state index contributed by atoms with van der Waals surface area (Å²) >= 11 is 0. The van der Waals surface area contributed by atoms with Crippen molar-refractivity contribution >= 4 is 11.7 Å². The fourth-order valence-corrected chi connectivity index (χ4v) is 4.76. The van der Waals surface area contributed by atoms with Crippen LogP contribution in [0, 0.1) is 5.92 Å². The lowest BCUT2D eigenvalue weighted by Gasteiger charge is -2.44. The highest BCUT2D eigenvalue weighted by Gasteiger charge is 2.33. The van der Waals surface area contributed by atoms with Gasteiger partial charge in [-0.25, -0.2) is 0 Å². The van der Waals surface area contributed by atoms with Crippen molar-refractivity contribution in [1.29, 1.82) is 0 Å². The molecule has 2 atom stereocenters. The second-order valence-corrected chi connectivity index (χ2v) is 7.95. The average molecular weight is 377 g/mol. The first-order valence-electron chi connectivity index (χ1n) is 10.4. The number of piperidine rings is 2. The molecule has 4 rings (SSSR count). The molecule has 0 unspecified atom stereocenters. The third kappa shape index (κ3) is 4.02. The van der Waals surface area contributed by atoms with Crippen molar-refractivity contribution in [2.24, 2.45) is 5.92 Å². The Morgan fingerprint density at radius 1 is 0.857 bits per heavy atom.